The summed E-state index contributed by atoms with van der Waals surface area (Å²) in [5.41, 5.74) is 0. The van der Waals surface area contributed by atoms with Crippen LogP contribution in [0.2, 0.25) is 0 Å². The van der Waals surface area contributed by atoms with Crippen LogP contribution >= 0.6 is 12.6 Å². The molecule has 0 fully saturated rings. The SMILES string of the molecule is C=CCN(C)C(=O)/C(S)=C/C. The standard InChI is InChI=1S/C8H13NOS/c1-4-6-9(3)8(10)7(11)5-2/h4-5,11H,1,6H2,2-3H3/b7-5-. The molecule has 0 atom stereocenters. The van der Waals surface area contributed by atoms with Crippen molar-refractivity contribution >= 4 is 18.5 Å². The fourth-order valence-electron chi connectivity index (χ4n) is 0.596. The zero-order valence-electron chi connectivity index (χ0n) is 6.87. The number of nitrogens with zero attached hydrogens (tertiary/aromatic N) is 1. The lowest BCUT2D eigenvalue weighted by molar-refractivity contribution is -0.124. The number of likely N-dealkylation sites (N-methyl/N-ethyl adjacent to an activating group) is 1. The molecule has 1 amide bonds. The van der Waals surface area contributed by atoms with Crippen LogP contribution in [0.5, 0.6) is 0 Å². The van der Waals surface area contributed by atoms with Crippen molar-refractivity contribution in [3.8, 4) is 0 Å². The first-order valence-electron chi connectivity index (χ1n) is 3.35. The van der Waals surface area contributed by atoms with Crippen LogP contribution in [-0.4, -0.2) is 24.4 Å². The maximum atomic E-state index is 11.2. The fourth-order valence-corrected chi connectivity index (χ4v) is 0.766. The Hall–Kier alpha value is -0.700. The minimum atomic E-state index is -0.0734. The van der Waals surface area contributed by atoms with Crippen molar-refractivity contribution in [1.82, 2.24) is 4.90 Å². The van der Waals surface area contributed by atoms with Crippen molar-refractivity contribution in [2.45, 2.75) is 6.92 Å². The van der Waals surface area contributed by atoms with Gasteiger partial charge in [-0.3, -0.25) is 4.79 Å². The summed E-state index contributed by atoms with van der Waals surface area (Å²) in [6, 6.07) is 0. The molecule has 0 aliphatic heterocycles. The first-order chi connectivity index (χ1) is 5.13. The molecule has 0 radical (unpaired) electrons. The van der Waals surface area contributed by atoms with E-state index in [0.29, 0.717) is 11.4 Å². The van der Waals surface area contributed by atoms with E-state index in [-0.39, 0.29) is 5.91 Å². The van der Waals surface area contributed by atoms with Gasteiger partial charge in [0.1, 0.15) is 0 Å². The molecule has 0 aromatic rings. The molecule has 0 aromatic heterocycles. The number of carbonyl (C=O) groups excluding carboxylic acids is 1. The molecule has 0 rings (SSSR count). The van der Waals surface area contributed by atoms with Crippen LogP contribution in [0.4, 0.5) is 0 Å². The third-order valence-electron chi connectivity index (χ3n) is 1.24. The van der Waals surface area contributed by atoms with Gasteiger partial charge < -0.3 is 4.90 Å². The van der Waals surface area contributed by atoms with Crippen molar-refractivity contribution in [2.75, 3.05) is 13.6 Å². The molecule has 0 aliphatic carbocycles. The maximum Gasteiger partial charge on any atom is 0.259 e. The monoisotopic (exact) mass is 171 g/mol. The number of hydrogen-bond acceptors (Lipinski definition) is 2. The van der Waals surface area contributed by atoms with Gasteiger partial charge in [-0.1, -0.05) is 12.2 Å². The first-order valence-corrected chi connectivity index (χ1v) is 3.79. The minimum absolute atomic E-state index is 0.0734. The van der Waals surface area contributed by atoms with Crippen molar-refractivity contribution in [2.24, 2.45) is 0 Å². The largest absolute Gasteiger partial charge is 0.338 e. The lowest BCUT2D eigenvalue weighted by Gasteiger charge is -2.13. The summed E-state index contributed by atoms with van der Waals surface area (Å²) in [4.78, 5) is 13.2. The van der Waals surface area contributed by atoms with E-state index in [9.17, 15) is 4.79 Å². The van der Waals surface area contributed by atoms with E-state index in [4.69, 9.17) is 0 Å². The second-order valence-corrected chi connectivity index (χ2v) is 2.63. The zero-order chi connectivity index (χ0) is 8.85. The van der Waals surface area contributed by atoms with Crippen molar-refractivity contribution in [3.63, 3.8) is 0 Å². The van der Waals surface area contributed by atoms with Gasteiger partial charge in [0.05, 0.1) is 4.91 Å². The summed E-state index contributed by atoms with van der Waals surface area (Å²) < 4.78 is 0. The highest BCUT2D eigenvalue weighted by atomic mass is 32.1. The number of hydrogen-bond donors (Lipinski definition) is 1. The summed E-state index contributed by atoms with van der Waals surface area (Å²) in [5.74, 6) is -0.0734. The van der Waals surface area contributed by atoms with E-state index in [1.807, 2.05) is 0 Å². The van der Waals surface area contributed by atoms with Gasteiger partial charge in [0.2, 0.25) is 0 Å². The third-order valence-corrected chi connectivity index (χ3v) is 1.69. The number of amides is 1. The molecule has 0 unspecified atom stereocenters. The summed E-state index contributed by atoms with van der Waals surface area (Å²) in [5, 5.41) is 0. The lowest BCUT2D eigenvalue weighted by Crippen LogP contribution is -2.26. The van der Waals surface area contributed by atoms with Gasteiger partial charge >= 0.3 is 0 Å². The van der Waals surface area contributed by atoms with Crippen LogP contribution in [0.15, 0.2) is 23.6 Å². The van der Waals surface area contributed by atoms with Crippen LogP contribution in [0.1, 0.15) is 6.92 Å². The minimum Gasteiger partial charge on any atom is -0.338 e. The van der Waals surface area contributed by atoms with E-state index in [1.54, 1.807) is 31.0 Å². The van der Waals surface area contributed by atoms with Crippen molar-refractivity contribution < 1.29 is 4.79 Å². The highest BCUT2D eigenvalue weighted by Gasteiger charge is 2.07. The quantitative estimate of drug-likeness (QED) is 0.387. The van der Waals surface area contributed by atoms with Gasteiger partial charge in [0.15, 0.2) is 0 Å². The molecule has 2 nitrogen and oxygen atoms in total. The zero-order valence-corrected chi connectivity index (χ0v) is 7.77. The molecule has 0 spiro atoms. The van der Waals surface area contributed by atoms with Gasteiger partial charge in [0.25, 0.3) is 5.91 Å². The van der Waals surface area contributed by atoms with Gasteiger partial charge in [-0.15, -0.1) is 19.2 Å². The lowest BCUT2D eigenvalue weighted by atomic mass is 10.4. The van der Waals surface area contributed by atoms with Crippen molar-refractivity contribution in [3.05, 3.63) is 23.6 Å². The Morgan fingerprint density at radius 1 is 1.73 bits per heavy atom. The summed E-state index contributed by atoms with van der Waals surface area (Å²) in [6.07, 6.45) is 3.35. The van der Waals surface area contributed by atoms with Crippen LogP contribution in [-0.2, 0) is 4.79 Å². The molecular formula is C8H13NOS. The molecular weight excluding hydrogens is 158 g/mol. The van der Waals surface area contributed by atoms with Crippen molar-refractivity contribution in [1.29, 1.82) is 0 Å². The molecule has 11 heavy (non-hydrogen) atoms. The average Bonchev–Trinajstić information content (AvgIpc) is 2.02. The van der Waals surface area contributed by atoms with Crippen LogP contribution in [0, 0.1) is 0 Å². The van der Waals surface area contributed by atoms with E-state index in [0.717, 1.165) is 0 Å². The molecule has 0 aliphatic rings. The van der Waals surface area contributed by atoms with Crippen LogP contribution in [0.25, 0.3) is 0 Å². The normalized spacial score (nSPS) is 11.0. The molecule has 0 heterocycles. The van der Waals surface area contributed by atoms with Gasteiger partial charge in [0, 0.05) is 13.6 Å². The van der Waals surface area contributed by atoms with Gasteiger partial charge in [-0.2, -0.15) is 0 Å². The summed E-state index contributed by atoms with van der Waals surface area (Å²) >= 11 is 3.99. The Kier molecular flexibility index (Phi) is 4.70. The van der Waals surface area contributed by atoms with Crippen LogP contribution in [0.3, 0.4) is 0 Å². The van der Waals surface area contributed by atoms with E-state index < -0.39 is 0 Å². The van der Waals surface area contributed by atoms with Gasteiger partial charge in [-0.05, 0) is 6.92 Å². The highest BCUT2D eigenvalue weighted by Crippen LogP contribution is 2.03. The Balaban J connectivity index is 4.13. The molecule has 0 saturated heterocycles. The number of rotatable bonds is 3. The first kappa shape index (κ1) is 10.3. The van der Waals surface area contributed by atoms with E-state index in [2.05, 4.69) is 19.2 Å². The number of allylic oxidation sites excluding steroid dienone is 1. The van der Waals surface area contributed by atoms with E-state index >= 15 is 0 Å². The van der Waals surface area contributed by atoms with Gasteiger partial charge in [-0.25, -0.2) is 0 Å². The number of carbonyl (C=O) groups is 1. The predicted molar refractivity (Wildman–Crippen MR) is 50.6 cm³/mol. The second kappa shape index (κ2) is 5.02. The van der Waals surface area contributed by atoms with E-state index in [1.165, 1.54) is 0 Å². The number of thiol groups is 1. The van der Waals surface area contributed by atoms with Crippen LogP contribution < -0.4 is 0 Å². The second-order valence-electron chi connectivity index (χ2n) is 2.15. The molecule has 0 bridgehead atoms. The third kappa shape index (κ3) is 3.28. The topological polar surface area (TPSA) is 20.3 Å². The maximum absolute atomic E-state index is 11.2. The molecule has 0 N–H and O–H groups in total. The summed E-state index contributed by atoms with van der Waals surface area (Å²) in [7, 11) is 1.71. The summed E-state index contributed by atoms with van der Waals surface area (Å²) in [6.45, 7) is 5.86. The Labute approximate surface area is 73.0 Å². The fraction of sp³-hybridized carbons (Fsp3) is 0.375. The smallest absolute Gasteiger partial charge is 0.259 e. The Morgan fingerprint density at radius 3 is 2.64 bits per heavy atom. The predicted octanol–water partition coefficient (Wildman–Crippen LogP) is 1.46. The molecule has 3 heteroatoms. The Bertz CT molecular complexity index is 187. The molecule has 0 saturated carbocycles. The molecule has 0 aromatic carbocycles. The Morgan fingerprint density at radius 2 is 2.27 bits per heavy atom. The highest BCUT2D eigenvalue weighted by molar-refractivity contribution is 7.85. The average molecular weight is 171 g/mol. The molecule has 62 valence electrons.